The molecular formula is C19H19Cl2N3O3S. The lowest BCUT2D eigenvalue weighted by molar-refractivity contribution is 0.315. The molecule has 148 valence electrons. The van der Waals surface area contributed by atoms with E-state index in [-0.39, 0.29) is 11.4 Å². The molecule has 2 aromatic carbocycles. The summed E-state index contributed by atoms with van der Waals surface area (Å²) in [6, 6.07) is 11.8. The Labute approximate surface area is 173 Å². The number of hydrogen-bond donors (Lipinski definition) is 2. The second-order valence-corrected chi connectivity index (χ2v) is 8.50. The summed E-state index contributed by atoms with van der Waals surface area (Å²) >= 11 is 11.9. The van der Waals surface area contributed by atoms with Crippen LogP contribution in [0.1, 0.15) is 0 Å². The maximum absolute atomic E-state index is 12.6. The number of fused-ring (bicyclic) bond motifs is 1. The first-order valence-electron chi connectivity index (χ1n) is 8.58. The Balaban J connectivity index is 1.44. The Morgan fingerprint density at radius 3 is 2.71 bits per heavy atom. The second-order valence-electron chi connectivity index (χ2n) is 5.92. The van der Waals surface area contributed by atoms with Crippen LogP contribution < -0.4 is 14.8 Å². The van der Waals surface area contributed by atoms with Gasteiger partial charge in [-0.25, -0.2) is 13.1 Å². The Kier molecular flexibility index (Phi) is 7.09. The third kappa shape index (κ3) is 5.33. The normalized spacial score (nSPS) is 11.6. The molecule has 1 heterocycles. The Morgan fingerprint density at radius 1 is 1.04 bits per heavy atom. The molecule has 0 atom stereocenters. The SMILES string of the molecule is O=S(=O)(NCCNCCOc1ccc(Cl)cc1Cl)c1cccc2cnccc12. The molecule has 0 saturated heterocycles. The minimum Gasteiger partial charge on any atom is -0.491 e. The average Bonchev–Trinajstić information content (AvgIpc) is 2.68. The first kappa shape index (κ1) is 20.8. The number of rotatable bonds is 9. The second kappa shape index (κ2) is 9.54. The van der Waals surface area contributed by atoms with Gasteiger partial charge in [-0.2, -0.15) is 0 Å². The van der Waals surface area contributed by atoms with E-state index >= 15 is 0 Å². The van der Waals surface area contributed by atoms with Crippen molar-refractivity contribution < 1.29 is 13.2 Å². The van der Waals surface area contributed by atoms with Gasteiger partial charge in [0.2, 0.25) is 10.0 Å². The quantitative estimate of drug-likeness (QED) is 0.498. The van der Waals surface area contributed by atoms with Gasteiger partial charge in [-0.3, -0.25) is 4.98 Å². The molecule has 3 rings (SSSR count). The fourth-order valence-corrected chi connectivity index (χ4v) is 4.35. The van der Waals surface area contributed by atoms with Crippen molar-refractivity contribution in [3.05, 3.63) is 64.9 Å². The molecule has 0 spiro atoms. The number of hydrogen-bond acceptors (Lipinski definition) is 5. The summed E-state index contributed by atoms with van der Waals surface area (Å²) in [5, 5.41) is 5.54. The van der Waals surface area contributed by atoms with Gasteiger partial charge < -0.3 is 10.1 Å². The first-order chi connectivity index (χ1) is 13.5. The number of sulfonamides is 1. The Bertz CT molecular complexity index is 1060. The predicted octanol–water partition coefficient (Wildman–Crippen LogP) is 3.49. The van der Waals surface area contributed by atoms with Gasteiger partial charge in [-0.15, -0.1) is 0 Å². The van der Waals surface area contributed by atoms with Gasteiger partial charge in [0.25, 0.3) is 0 Å². The van der Waals surface area contributed by atoms with Crippen LogP contribution in [0.4, 0.5) is 0 Å². The van der Waals surface area contributed by atoms with Crippen LogP contribution in [0.5, 0.6) is 5.75 Å². The van der Waals surface area contributed by atoms with Crippen molar-refractivity contribution in [2.24, 2.45) is 0 Å². The zero-order valence-corrected chi connectivity index (χ0v) is 17.2. The van der Waals surface area contributed by atoms with Crippen molar-refractivity contribution in [2.45, 2.75) is 4.90 Å². The van der Waals surface area contributed by atoms with E-state index in [0.717, 1.165) is 5.39 Å². The van der Waals surface area contributed by atoms with E-state index < -0.39 is 10.0 Å². The van der Waals surface area contributed by atoms with E-state index in [1.165, 1.54) is 0 Å². The van der Waals surface area contributed by atoms with E-state index in [4.69, 9.17) is 27.9 Å². The molecule has 0 bridgehead atoms. The van der Waals surface area contributed by atoms with Gasteiger partial charge in [0.15, 0.2) is 0 Å². The fourth-order valence-electron chi connectivity index (χ4n) is 2.63. The van der Waals surface area contributed by atoms with E-state index in [1.807, 2.05) is 6.07 Å². The van der Waals surface area contributed by atoms with E-state index in [2.05, 4.69) is 15.0 Å². The number of aromatic nitrogens is 1. The topological polar surface area (TPSA) is 80.3 Å². The Morgan fingerprint density at radius 2 is 1.89 bits per heavy atom. The van der Waals surface area contributed by atoms with E-state index in [9.17, 15) is 8.42 Å². The summed E-state index contributed by atoms with van der Waals surface area (Å²) in [4.78, 5) is 4.26. The lowest BCUT2D eigenvalue weighted by Crippen LogP contribution is -2.33. The molecule has 0 amide bonds. The molecule has 0 aliphatic rings. The maximum Gasteiger partial charge on any atom is 0.241 e. The predicted molar refractivity (Wildman–Crippen MR) is 112 cm³/mol. The van der Waals surface area contributed by atoms with Gasteiger partial charge in [0.1, 0.15) is 12.4 Å². The molecular weight excluding hydrogens is 421 g/mol. The summed E-state index contributed by atoms with van der Waals surface area (Å²) in [5.41, 5.74) is 0. The highest BCUT2D eigenvalue weighted by Crippen LogP contribution is 2.27. The van der Waals surface area contributed by atoms with Crippen LogP contribution in [-0.4, -0.2) is 39.6 Å². The van der Waals surface area contributed by atoms with Crippen molar-refractivity contribution in [3.8, 4) is 5.75 Å². The van der Waals surface area contributed by atoms with Gasteiger partial charge in [0, 0.05) is 47.8 Å². The Hall–Kier alpha value is -1.90. The van der Waals surface area contributed by atoms with Crippen LogP contribution in [0.3, 0.4) is 0 Å². The zero-order chi connectivity index (χ0) is 20.0. The van der Waals surface area contributed by atoms with Crippen LogP contribution in [0.15, 0.2) is 59.8 Å². The number of nitrogens with one attached hydrogen (secondary N) is 2. The van der Waals surface area contributed by atoms with Crippen molar-refractivity contribution in [2.75, 3.05) is 26.2 Å². The standard InChI is InChI=1S/C19H19Cl2N3O3S/c20-15-4-5-18(17(21)12-15)27-11-10-22-8-9-24-28(25,26)19-3-1-2-14-13-23-7-6-16(14)19/h1-7,12-13,22,24H,8-11H2. The van der Waals surface area contributed by atoms with Crippen LogP contribution in [-0.2, 0) is 10.0 Å². The highest BCUT2D eigenvalue weighted by Gasteiger charge is 2.16. The molecule has 1 aromatic heterocycles. The van der Waals surface area contributed by atoms with Gasteiger partial charge in [-0.1, -0.05) is 35.3 Å². The minimum atomic E-state index is -3.61. The molecule has 9 heteroatoms. The smallest absolute Gasteiger partial charge is 0.241 e. The molecule has 0 radical (unpaired) electrons. The third-order valence-corrected chi connectivity index (χ3v) is 6.00. The van der Waals surface area contributed by atoms with E-state index in [0.29, 0.717) is 40.9 Å². The summed E-state index contributed by atoms with van der Waals surface area (Å²) < 4.78 is 33.3. The molecule has 0 aliphatic heterocycles. The number of halogens is 2. The largest absolute Gasteiger partial charge is 0.491 e. The fraction of sp³-hybridized carbons (Fsp3) is 0.211. The highest BCUT2D eigenvalue weighted by atomic mass is 35.5. The first-order valence-corrected chi connectivity index (χ1v) is 10.8. The average molecular weight is 440 g/mol. The van der Waals surface area contributed by atoms with Crippen molar-refractivity contribution >= 4 is 44.0 Å². The van der Waals surface area contributed by atoms with Gasteiger partial charge >= 0.3 is 0 Å². The van der Waals surface area contributed by atoms with Crippen LogP contribution >= 0.6 is 23.2 Å². The molecule has 0 unspecified atom stereocenters. The van der Waals surface area contributed by atoms with Crippen molar-refractivity contribution in [3.63, 3.8) is 0 Å². The number of pyridine rings is 1. The lowest BCUT2D eigenvalue weighted by Gasteiger charge is -2.11. The molecule has 0 fully saturated rings. The highest BCUT2D eigenvalue weighted by molar-refractivity contribution is 7.89. The molecule has 6 nitrogen and oxygen atoms in total. The number of benzene rings is 2. The summed E-state index contributed by atoms with van der Waals surface area (Å²) in [5.74, 6) is 0.555. The number of ether oxygens (including phenoxy) is 1. The maximum atomic E-state index is 12.6. The van der Waals surface area contributed by atoms with Gasteiger partial charge in [-0.05, 0) is 30.3 Å². The summed E-state index contributed by atoms with van der Waals surface area (Å²) in [6.45, 7) is 1.65. The molecule has 0 saturated carbocycles. The van der Waals surface area contributed by atoms with Gasteiger partial charge in [0.05, 0.1) is 9.92 Å². The molecule has 28 heavy (non-hydrogen) atoms. The molecule has 0 aliphatic carbocycles. The minimum absolute atomic E-state index is 0.244. The zero-order valence-electron chi connectivity index (χ0n) is 14.9. The monoisotopic (exact) mass is 439 g/mol. The van der Waals surface area contributed by atoms with Crippen LogP contribution in [0.2, 0.25) is 10.0 Å². The number of nitrogens with zero attached hydrogens (tertiary/aromatic N) is 1. The molecule has 3 aromatic rings. The summed E-state index contributed by atoms with van der Waals surface area (Å²) in [6.07, 6.45) is 3.22. The van der Waals surface area contributed by atoms with Crippen molar-refractivity contribution in [1.29, 1.82) is 0 Å². The van der Waals surface area contributed by atoms with E-state index in [1.54, 1.807) is 48.8 Å². The summed E-state index contributed by atoms with van der Waals surface area (Å²) in [7, 11) is -3.61. The lowest BCUT2D eigenvalue weighted by atomic mass is 10.2. The van der Waals surface area contributed by atoms with Crippen LogP contribution in [0.25, 0.3) is 10.8 Å². The molecule has 2 N–H and O–H groups in total. The third-order valence-electron chi connectivity index (χ3n) is 3.95. The van der Waals surface area contributed by atoms with Crippen LogP contribution in [0, 0.1) is 0 Å². The van der Waals surface area contributed by atoms with Crippen molar-refractivity contribution in [1.82, 2.24) is 15.0 Å².